The maximum absolute atomic E-state index is 12.3. The number of nitrogens with one attached hydrogen (secondary N) is 1. The lowest BCUT2D eigenvalue weighted by Crippen LogP contribution is -2.35. The van der Waals surface area contributed by atoms with Crippen molar-refractivity contribution in [2.45, 2.75) is 25.5 Å². The van der Waals surface area contributed by atoms with E-state index >= 15 is 0 Å². The Kier molecular flexibility index (Phi) is 4.99. The highest BCUT2D eigenvalue weighted by molar-refractivity contribution is 6.03. The number of nitrogens with zero attached hydrogens (tertiary/aromatic N) is 3. The molecule has 1 amide bonds. The third-order valence-corrected chi connectivity index (χ3v) is 4.14. The highest BCUT2D eigenvalue weighted by atomic mass is 16.4. The van der Waals surface area contributed by atoms with Gasteiger partial charge >= 0.3 is 5.97 Å². The molecule has 0 radical (unpaired) electrons. The molecule has 8 nitrogen and oxygen atoms in total. The van der Waals surface area contributed by atoms with Crippen molar-refractivity contribution in [1.82, 2.24) is 9.78 Å². The SMILES string of the molecule is O=C(O)Cn1ccc(NC(=O)c2ccc(N3CCC(O)CC3)cc2)n1. The highest BCUT2D eigenvalue weighted by Crippen LogP contribution is 2.20. The molecule has 1 saturated heterocycles. The second-order valence-corrected chi connectivity index (χ2v) is 6.01. The molecule has 1 aliphatic heterocycles. The average molecular weight is 344 g/mol. The van der Waals surface area contributed by atoms with Gasteiger partial charge in [-0.2, -0.15) is 5.10 Å². The number of anilines is 2. The summed E-state index contributed by atoms with van der Waals surface area (Å²) in [6.07, 6.45) is 2.78. The maximum atomic E-state index is 12.3. The number of aliphatic hydroxyl groups excluding tert-OH is 1. The molecule has 0 bridgehead atoms. The van der Waals surface area contributed by atoms with Crippen molar-refractivity contribution in [2.75, 3.05) is 23.3 Å². The van der Waals surface area contributed by atoms with Crippen LogP contribution in [0.25, 0.3) is 0 Å². The summed E-state index contributed by atoms with van der Waals surface area (Å²) < 4.78 is 1.24. The maximum Gasteiger partial charge on any atom is 0.325 e. The predicted octanol–water partition coefficient (Wildman–Crippen LogP) is 1.18. The van der Waals surface area contributed by atoms with Crippen molar-refractivity contribution in [2.24, 2.45) is 0 Å². The third kappa shape index (κ3) is 4.36. The summed E-state index contributed by atoms with van der Waals surface area (Å²) in [5, 5.41) is 24.9. The van der Waals surface area contributed by atoms with Gasteiger partial charge < -0.3 is 20.4 Å². The number of piperidine rings is 1. The zero-order chi connectivity index (χ0) is 17.8. The van der Waals surface area contributed by atoms with Crippen LogP contribution in [0.2, 0.25) is 0 Å². The van der Waals surface area contributed by atoms with Gasteiger partial charge in [0.25, 0.3) is 5.91 Å². The number of carbonyl (C=O) groups is 2. The summed E-state index contributed by atoms with van der Waals surface area (Å²) in [5.41, 5.74) is 1.52. The van der Waals surface area contributed by atoms with E-state index in [-0.39, 0.29) is 18.6 Å². The van der Waals surface area contributed by atoms with Crippen LogP contribution in [0.3, 0.4) is 0 Å². The van der Waals surface area contributed by atoms with Gasteiger partial charge in [-0.15, -0.1) is 0 Å². The molecule has 25 heavy (non-hydrogen) atoms. The largest absolute Gasteiger partial charge is 0.480 e. The first-order valence-electron chi connectivity index (χ1n) is 8.11. The Labute approximate surface area is 144 Å². The standard InChI is InChI=1S/C17H20N4O4/c22-14-5-8-20(9-6-14)13-3-1-12(2-4-13)17(25)18-15-7-10-21(19-15)11-16(23)24/h1-4,7,10,14,22H,5-6,8-9,11H2,(H,23,24)(H,18,19,25). The summed E-state index contributed by atoms with van der Waals surface area (Å²) in [7, 11) is 0. The summed E-state index contributed by atoms with van der Waals surface area (Å²) in [6, 6.07) is 8.80. The lowest BCUT2D eigenvalue weighted by atomic mass is 10.1. The minimum atomic E-state index is -0.998. The number of aliphatic hydroxyl groups is 1. The van der Waals surface area contributed by atoms with Gasteiger partial charge in [0.05, 0.1) is 6.10 Å². The first kappa shape index (κ1) is 17.0. The molecule has 8 heteroatoms. The molecule has 3 rings (SSSR count). The second kappa shape index (κ2) is 7.35. The van der Waals surface area contributed by atoms with Crippen molar-refractivity contribution in [3.8, 4) is 0 Å². The van der Waals surface area contributed by atoms with Gasteiger partial charge in [0.15, 0.2) is 5.82 Å². The van der Waals surface area contributed by atoms with E-state index in [9.17, 15) is 14.7 Å². The molecular formula is C17H20N4O4. The van der Waals surface area contributed by atoms with Crippen LogP contribution in [-0.2, 0) is 11.3 Å². The lowest BCUT2D eigenvalue weighted by Gasteiger charge is -2.31. The van der Waals surface area contributed by atoms with Crippen LogP contribution in [0.4, 0.5) is 11.5 Å². The zero-order valence-corrected chi connectivity index (χ0v) is 13.6. The van der Waals surface area contributed by atoms with Crippen molar-refractivity contribution in [3.05, 3.63) is 42.1 Å². The van der Waals surface area contributed by atoms with Gasteiger partial charge in [-0.05, 0) is 37.1 Å². The molecule has 1 aromatic carbocycles. The lowest BCUT2D eigenvalue weighted by molar-refractivity contribution is -0.137. The Morgan fingerprint density at radius 2 is 1.84 bits per heavy atom. The molecule has 1 aliphatic rings. The first-order valence-corrected chi connectivity index (χ1v) is 8.11. The van der Waals surface area contributed by atoms with Crippen LogP contribution in [0.15, 0.2) is 36.5 Å². The number of aliphatic carboxylic acids is 1. The minimum Gasteiger partial charge on any atom is -0.480 e. The Morgan fingerprint density at radius 3 is 2.48 bits per heavy atom. The molecule has 1 fully saturated rings. The number of carboxylic acids is 1. The smallest absolute Gasteiger partial charge is 0.325 e. The minimum absolute atomic E-state index is 0.220. The van der Waals surface area contributed by atoms with Gasteiger partial charge in [0, 0.05) is 36.6 Å². The number of hydrogen-bond acceptors (Lipinski definition) is 5. The Hall–Kier alpha value is -2.87. The fraction of sp³-hybridized carbons (Fsp3) is 0.353. The normalized spacial score (nSPS) is 15.2. The molecule has 2 heterocycles. The summed E-state index contributed by atoms with van der Waals surface area (Å²) in [6.45, 7) is 1.34. The molecule has 3 N–H and O–H groups in total. The number of hydrogen-bond donors (Lipinski definition) is 3. The first-order chi connectivity index (χ1) is 12.0. The topological polar surface area (TPSA) is 108 Å². The molecule has 1 aromatic heterocycles. The van der Waals surface area contributed by atoms with Gasteiger partial charge in [-0.1, -0.05) is 0 Å². The summed E-state index contributed by atoms with van der Waals surface area (Å²) in [5.74, 6) is -0.997. The van der Waals surface area contributed by atoms with Crippen LogP contribution in [0.5, 0.6) is 0 Å². The van der Waals surface area contributed by atoms with Crippen LogP contribution >= 0.6 is 0 Å². The van der Waals surface area contributed by atoms with Gasteiger partial charge in [-0.25, -0.2) is 0 Å². The van der Waals surface area contributed by atoms with E-state index in [4.69, 9.17) is 5.11 Å². The molecule has 0 unspecified atom stereocenters. The number of amides is 1. The van der Waals surface area contributed by atoms with E-state index in [1.54, 1.807) is 18.2 Å². The second-order valence-electron chi connectivity index (χ2n) is 6.01. The van der Waals surface area contributed by atoms with Gasteiger partial charge in [-0.3, -0.25) is 14.3 Å². The third-order valence-electron chi connectivity index (χ3n) is 4.14. The fourth-order valence-corrected chi connectivity index (χ4v) is 2.79. The molecule has 0 aliphatic carbocycles. The Morgan fingerprint density at radius 1 is 1.16 bits per heavy atom. The van der Waals surface area contributed by atoms with Crippen LogP contribution in [-0.4, -0.2) is 51.1 Å². The number of carboxylic acid groups (broad SMARTS) is 1. The van der Waals surface area contributed by atoms with Crippen LogP contribution < -0.4 is 10.2 Å². The Balaban J connectivity index is 1.60. The molecule has 132 valence electrons. The van der Waals surface area contributed by atoms with E-state index < -0.39 is 5.97 Å². The van der Waals surface area contributed by atoms with Crippen molar-refractivity contribution < 1.29 is 19.8 Å². The van der Waals surface area contributed by atoms with Crippen LogP contribution in [0.1, 0.15) is 23.2 Å². The van der Waals surface area contributed by atoms with Crippen molar-refractivity contribution in [1.29, 1.82) is 0 Å². The number of benzene rings is 1. The molecule has 0 atom stereocenters. The number of aromatic nitrogens is 2. The van der Waals surface area contributed by atoms with Crippen molar-refractivity contribution in [3.63, 3.8) is 0 Å². The van der Waals surface area contributed by atoms with E-state index in [1.165, 1.54) is 10.9 Å². The van der Waals surface area contributed by atoms with E-state index in [1.807, 2.05) is 12.1 Å². The van der Waals surface area contributed by atoms with Crippen LogP contribution in [0, 0.1) is 0 Å². The molecule has 0 spiro atoms. The average Bonchev–Trinajstić information content (AvgIpc) is 3.02. The van der Waals surface area contributed by atoms with E-state index in [2.05, 4.69) is 15.3 Å². The molecule has 2 aromatic rings. The van der Waals surface area contributed by atoms with E-state index in [0.717, 1.165) is 31.6 Å². The predicted molar refractivity (Wildman–Crippen MR) is 91.7 cm³/mol. The van der Waals surface area contributed by atoms with E-state index in [0.29, 0.717) is 11.4 Å². The summed E-state index contributed by atoms with van der Waals surface area (Å²) >= 11 is 0. The monoisotopic (exact) mass is 344 g/mol. The Bertz CT molecular complexity index is 748. The highest BCUT2D eigenvalue weighted by Gasteiger charge is 2.17. The fourth-order valence-electron chi connectivity index (χ4n) is 2.79. The van der Waals surface area contributed by atoms with Gasteiger partial charge in [0.2, 0.25) is 0 Å². The van der Waals surface area contributed by atoms with Gasteiger partial charge in [0.1, 0.15) is 6.54 Å². The number of rotatable bonds is 5. The quantitative estimate of drug-likeness (QED) is 0.752. The summed E-state index contributed by atoms with van der Waals surface area (Å²) in [4.78, 5) is 25.1. The van der Waals surface area contributed by atoms with Crippen molar-refractivity contribution >= 4 is 23.4 Å². The molecule has 0 saturated carbocycles. The number of carbonyl (C=O) groups excluding carboxylic acids is 1. The zero-order valence-electron chi connectivity index (χ0n) is 13.6. The molecular weight excluding hydrogens is 324 g/mol.